The molecule has 0 bridgehead atoms. The van der Waals surface area contributed by atoms with E-state index in [0.29, 0.717) is 10.7 Å². The minimum absolute atomic E-state index is 0.108. The second-order valence-corrected chi connectivity index (χ2v) is 5.88. The fourth-order valence-electron chi connectivity index (χ4n) is 1.59. The SMILES string of the molecule is Cn1c(C(=O)Cn2cc(Cl)cnc2=O)cc(Br)c1Br. The van der Waals surface area contributed by atoms with Crippen molar-refractivity contribution in [3.63, 3.8) is 0 Å². The summed E-state index contributed by atoms with van der Waals surface area (Å²) in [6.45, 7) is -0.108. The first-order valence-corrected chi connectivity index (χ1v) is 7.12. The van der Waals surface area contributed by atoms with Gasteiger partial charge in [-0.1, -0.05) is 11.6 Å². The number of hydrogen-bond acceptors (Lipinski definition) is 3. The Hall–Kier alpha value is -0.920. The van der Waals surface area contributed by atoms with Gasteiger partial charge in [0.1, 0.15) is 0 Å². The molecule has 19 heavy (non-hydrogen) atoms. The Morgan fingerprint density at radius 1 is 1.47 bits per heavy atom. The zero-order valence-electron chi connectivity index (χ0n) is 9.73. The van der Waals surface area contributed by atoms with Gasteiger partial charge in [0.05, 0.1) is 32.5 Å². The molecule has 0 amide bonds. The summed E-state index contributed by atoms with van der Waals surface area (Å²) in [7, 11) is 1.75. The van der Waals surface area contributed by atoms with E-state index in [4.69, 9.17) is 11.6 Å². The molecule has 0 saturated heterocycles. The van der Waals surface area contributed by atoms with Crippen molar-refractivity contribution >= 4 is 49.2 Å². The average Bonchev–Trinajstić information content (AvgIpc) is 2.62. The molecule has 0 fully saturated rings. The minimum atomic E-state index is -0.509. The minimum Gasteiger partial charge on any atom is -0.335 e. The third-order valence-corrected chi connectivity index (χ3v) is 4.83. The number of rotatable bonds is 3. The number of aromatic nitrogens is 3. The van der Waals surface area contributed by atoms with Gasteiger partial charge in [-0.25, -0.2) is 9.78 Å². The molecule has 0 aromatic carbocycles. The molecule has 0 unspecified atom stereocenters. The fourth-order valence-corrected chi connectivity index (χ4v) is 2.54. The number of hydrogen-bond donors (Lipinski definition) is 0. The molecule has 0 saturated carbocycles. The van der Waals surface area contributed by atoms with E-state index in [1.807, 2.05) is 0 Å². The van der Waals surface area contributed by atoms with E-state index < -0.39 is 5.69 Å². The number of Topliss-reactive ketones (excluding diaryl/α,β-unsaturated/α-hetero) is 1. The van der Waals surface area contributed by atoms with Gasteiger partial charge in [0, 0.05) is 13.2 Å². The van der Waals surface area contributed by atoms with Gasteiger partial charge in [-0.2, -0.15) is 0 Å². The molecule has 100 valence electrons. The van der Waals surface area contributed by atoms with E-state index in [0.717, 1.165) is 9.08 Å². The Morgan fingerprint density at radius 3 is 2.74 bits per heavy atom. The summed E-state index contributed by atoms with van der Waals surface area (Å²) in [4.78, 5) is 27.3. The Bertz CT molecular complexity index is 708. The molecular weight excluding hydrogens is 401 g/mol. The summed E-state index contributed by atoms with van der Waals surface area (Å²) in [5, 5.41) is 0.307. The van der Waals surface area contributed by atoms with Crippen molar-refractivity contribution in [3.05, 3.63) is 48.7 Å². The van der Waals surface area contributed by atoms with Crippen molar-refractivity contribution in [2.45, 2.75) is 6.54 Å². The predicted molar refractivity (Wildman–Crippen MR) is 78.7 cm³/mol. The van der Waals surface area contributed by atoms with Gasteiger partial charge in [-0.15, -0.1) is 0 Å². The number of carbonyl (C=O) groups is 1. The van der Waals surface area contributed by atoms with Crippen molar-refractivity contribution < 1.29 is 4.79 Å². The molecule has 8 heteroatoms. The zero-order valence-corrected chi connectivity index (χ0v) is 13.7. The van der Waals surface area contributed by atoms with Crippen molar-refractivity contribution in [1.82, 2.24) is 14.1 Å². The van der Waals surface area contributed by atoms with Gasteiger partial charge < -0.3 is 4.57 Å². The van der Waals surface area contributed by atoms with Crippen LogP contribution in [0.2, 0.25) is 5.02 Å². The standard InChI is InChI=1S/C11H8Br2ClN3O2/c1-16-8(2-7(12)10(16)13)9(18)5-17-4-6(14)3-15-11(17)19/h2-4H,5H2,1H3. The number of ketones is 1. The topological polar surface area (TPSA) is 56.9 Å². The van der Waals surface area contributed by atoms with E-state index in [9.17, 15) is 9.59 Å². The van der Waals surface area contributed by atoms with Crippen LogP contribution in [0, 0.1) is 0 Å². The predicted octanol–water partition coefficient (Wildman–Crippen LogP) is 2.64. The number of halogens is 3. The smallest absolute Gasteiger partial charge is 0.335 e. The first-order valence-electron chi connectivity index (χ1n) is 5.16. The third-order valence-electron chi connectivity index (χ3n) is 2.54. The van der Waals surface area contributed by atoms with Crippen LogP contribution in [-0.4, -0.2) is 19.9 Å². The normalized spacial score (nSPS) is 10.7. The van der Waals surface area contributed by atoms with Crippen LogP contribution in [0.3, 0.4) is 0 Å². The summed E-state index contributed by atoms with van der Waals surface area (Å²) in [6.07, 6.45) is 2.64. The molecule has 2 aromatic heterocycles. The maximum atomic E-state index is 12.2. The Balaban J connectivity index is 2.33. The zero-order chi connectivity index (χ0) is 14.2. The summed E-state index contributed by atoms with van der Waals surface area (Å²) < 4.78 is 4.40. The molecule has 0 N–H and O–H groups in total. The van der Waals surface area contributed by atoms with Crippen LogP contribution in [0.25, 0.3) is 0 Å². The fraction of sp³-hybridized carbons (Fsp3) is 0.182. The second-order valence-electron chi connectivity index (χ2n) is 3.83. The third kappa shape index (κ3) is 2.98. The maximum Gasteiger partial charge on any atom is 0.348 e. The molecule has 0 aliphatic heterocycles. The molecule has 0 radical (unpaired) electrons. The molecule has 0 aliphatic rings. The van der Waals surface area contributed by atoms with E-state index in [2.05, 4.69) is 36.8 Å². The highest BCUT2D eigenvalue weighted by molar-refractivity contribution is 9.13. The van der Waals surface area contributed by atoms with Crippen LogP contribution in [-0.2, 0) is 13.6 Å². The maximum absolute atomic E-state index is 12.2. The molecule has 0 aliphatic carbocycles. The first kappa shape index (κ1) is 14.5. The van der Waals surface area contributed by atoms with Crippen LogP contribution < -0.4 is 5.69 Å². The van der Waals surface area contributed by atoms with Crippen LogP contribution in [0.4, 0.5) is 0 Å². The van der Waals surface area contributed by atoms with Crippen LogP contribution in [0.5, 0.6) is 0 Å². The Kier molecular flexibility index (Phi) is 4.27. The monoisotopic (exact) mass is 407 g/mol. The lowest BCUT2D eigenvalue weighted by Gasteiger charge is -2.06. The summed E-state index contributed by atoms with van der Waals surface area (Å²) in [5.74, 6) is -0.208. The van der Waals surface area contributed by atoms with Gasteiger partial charge in [0.25, 0.3) is 0 Å². The lowest BCUT2D eigenvalue weighted by molar-refractivity contribution is 0.0962. The highest BCUT2D eigenvalue weighted by Gasteiger charge is 2.16. The van der Waals surface area contributed by atoms with Gasteiger partial charge in [0.15, 0.2) is 5.78 Å². The lowest BCUT2D eigenvalue weighted by Crippen LogP contribution is -2.26. The number of nitrogens with zero attached hydrogens (tertiary/aromatic N) is 3. The van der Waals surface area contributed by atoms with Gasteiger partial charge >= 0.3 is 5.69 Å². The Labute approximate surface area is 130 Å². The molecule has 0 spiro atoms. The highest BCUT2D eigenvalue weighted by atomic mass is 79.9. The average molecular weight is 409 g/mol. The van der Waals surface area contributed by atoms with E-state index >= 15 is 0 Å². The summed E-state index contributed by atoms with van der Waals surface area (Å²) in [5.41, 5.74) is -0.0317. The molecule has 2 rings (SSSR count). The second kappa shape index (κ2) is 5.60. The Morgan fingerprint density at radius 2 is 2.16 bits per heavy atom. The lowest BCUT2D eigenvalue weighted by atomic mass is 10.3. The molecule has 5 nitrogen and oxygen atoms in total. The van der Waals surface area contributed by atoms with Gasteiger partial charge in [0.2, 0.25) is 0 Å². The van der Waals surface area contributed by atoms with Gasteiger partial charge in [-0.05, 0) is 37.9 Å². The van der Waals surface area contributed by atoms with Gasteiger partial charge in [-0.3, -0.25) is 9.36 Å². The molecule has 2 heterocycles. The molecular formula is C11H8Br2ClN3O2. The molecule has 0 atom stereocenters. The highest BCUT2D eigenvalue weighted by Crippen LogP contribution is 2.26. The summed E-state index contributed by atoms with van der Waals surface area (Å²) in [6, 6.07) is 1.69. The van der Waals surface area contributed by atoms with Crippen LogP contribution in [0.15, 0.2) is 32.3 Å². The van der Waals surface area contributed by atoms with Crippen LogP contribution >= 0.6 is 43.5 Å². The van der Waals surface area contributed by atoms with Crippen molar-refractivity contribution in [2.24, 2.45) is 7.05 Å². The van der Waals surface area contributed by atoms with E-state index in [1.54, 1.807) is 17.7 Å². The van der Waals surface area contributed by atoms with E-state index in [-0.39, 0.29) is 12.3 Å². The van der Waals surface area contributed by atoms with Crippen molar-refractivity contribution in [2.75, 3.05) is 0 Å². The van der Waals surface area contributed by atoms with Crippen molar-refractivity contribution in [3.8, 4) is 0 Å². The first-order chi connectivity index (χ1) is 8.90. The number of carbonyl (C=O) groups excluding carboxylic acids is 1. The van der Waals surface area contributed by atoms with E-state index in [1.165, 1.54) is 17.0 Å². The quantitative estimate of drug-likeness (QED) is 0.733. The van der Waals surface area contributed by atoms with Crippen LogP contribution in [0.1, 0.15) is 10.5 Å². The van der Waals surface area contributed by atoms with Crippen molar-refractivity contribution in [1.29, 1.82) is 0 Å². The summed E-state index contributed by atoms with van der Waals surface area (Å²) >= 11 is 12.4. The molecule has 2 aromatic rings. The largest absolute Gasteiger partial charge is 0.348 e.